The van der Waals surface area contributed by atoms with Crippen molar-refractivity contribution in [2.24, 2.45) is 17.3 Å². The van der Waals surface area contributed by atoms with Crippen molar-refractivity contribution in [3.8, 4) is 0 Å². The largest absolute Gasteiger partial charge is 0.481 e. The van der Waals surface area contributed by atoms with Gasteiger partial charge in [0.1, 0.15) is 0 Å². The van der Waals surface area contributed by atoms with E-state index in [-0.39, 0.29) is 19.3 Å². The van der Waals surface area contributed by atoms with Crippen LogP contribution in [0, 0.1) is 17.3 Å². The molecule has 0 aromatic heterocycles. The first-order valence-corrected chi connectivity index (χ1v) is 4.98. The Morgan fingerprint density at radius 3 is 2.06 bits per heavy atom. The Balaban J connectivity index is 2.96. The minimum Gasteiger partial charge on any atom is -0.481 e. The van der Waals surface area contributed by atoms with Crippen LogP contribution in [0.4, 0.5) is 0 Å². The third kappa shape index (κ3) is 2.00. The summed E-state index contributed by atoms with van der Waals surface area (Å²) in [6.07, 6.45) is 0.172. The van der Waals surface area contributed by atoms with Gasteiger partial charge in [-0.3, -0.25) is 14.4 Å². The van der Waals surface area contributed by atoms with Gasteiger partial charge in [0.25, 0.3) is 0 Å². The van der Waals surface area contributed by atoms with E-state index in [4.69, 9.17) is 15.3 Å². The van der Waals surface area contributed by atoms with Crippen LogP contribution in [-0.4, -0.2) is 33.2 Å². The van der Waals surface area contributed by atoms with Gasteiger partial charge in [-0.2, -0.15) is 0 Å². The fourth-order valence-corrected chi connectivity index (χ4v) is 2.16. The summed E-state index contributed by atoms with van der Waals surface area (Å²) in [5.74, 6) is -5.37. The number of aliphatic carboxylic acids is 3. The van der Waals surface area contributed by atoms with E-state index in [0.717, 1.165) is 0 Å². The van der Waals surface area contributed by atoms with Crippen LogP contribution in [0.3, 0.4) is 0 Å². The molecule has 0 spiro atoms. The molecule has 16 heavy (non-hydrogen) atoms. The molecule has 1 saturated carbocycles. The molecule has 0 aromatic carbocycles. The molecule has 1 fully saturated rings. The smallest absolute Gasteiger partial charge is 0.310 e. The van der Waals surface area contributed by atoms with Crippen molar-refractivity contribution in [3.63, 3.8) is 0 Å². The van der Waals surface area contributed by atoms with Crippen molar-refractivity contribution in [2.45, 2.75) is 26.2 Å². The van der Waals surface area contributed by atoms with E-state index in [1.54, 1.807) is 0 Å². The Kier molecular flexibility index (Phi) is 3.21. The topological polar surface area (TPSA) is 112 Å². The first-order valence-electron chi connectivity index (χ1n) is 4.98. The first kappa shape index (κ1) is 12.5. The number of carboxylic acids is 3. The molecule has 0 saturated heterocycles. The van der Waals surface area contributed by atoms with E-state index >= 15 is 0 Å². The SMILES string of the molecule is CC1(C(=O)O)CCC(C(=O)O)CC1C(=O)O. The van der Waals surface area contributed by atoms with Crippen LogP contribution < -0.4 is 0 Å². The normalized spacial score (nSPS) is 34.3. The van der Waals surface area contributed by atoms with E-state index in [9.17, 15) is 14.4 Å². The molecule has 0 aliphatic heterocycles. The predicted molar refractivity (Wildman–Crippen MR) is 51.8 cm³/mol. The monoisotopic (exact) mass is 230 g/mol. The summed E-state index contributed by atoms with van der Waals surface area (Å²) in [4.78, 5) is 32.8. The summed E-state index contributed by atoms with van der Waals surface area (Å²) in [5.41, 5.74) is -1.36. The Bertz CT molecular complexity index is 336. The van der Waals surface area contributed by atoms with Crippen molar-refractivity contribution >= 4 is 17.9 Å². The zero-order valence-electron chi connectivity index (χ0n) is 8.84. The van der Waals surface area contributed by atoms with Crippen molar-refractivity contribution in [2.75, 3.05) is 0 Å². The maximum Gasteiger partial charge on any atom is 0.310 e. The van der Waals surface area contributed by atoms with Gasteiger partial charge in [-0.15, -0.1) is 0 Å². The first-order chi connectivity index (χ1) is 7.29. The minimum absolute atomic E-state index is 0.0796. The highest BCUT2D eigenvalue weighted by Gasteiger charge is 2.50. The van der Waals surface area contributed by atoms with E-state index in [1.807, 2.05) is 0 Å². The van der Waals surface area contributed by atoms with Gasteiger partial charge < -0.3 is 15.3 Å². The van der Waals surface area contributed by atoms with Gasteiger partial charge in [-0.1, -0.05) is 0 Å². The maximum atomic E-state index is 11.1. The van der Waals surface area contributed by atoms with Gasteiger partial charge in [0.2, 0.25) is 0 Å². The van der Waals surface area contributed by atoms with Crippen LogP contribution in [0.1, 0.15) is 26.2 Å². The number of carbonyl (C=O) groups is 3. The molecule has 3 unspecified atom stereocenters. The number of hydrogen-bond acceptors (Lipinski definition) is 3. The average Bonchev–Trinajstić information content (AvgIpc) is 2.17. The number of rotatable bonds is 3. The van der Waals surface area contributed by atoms with Crippen molar-refractivity contribution in [1.82, 2.24) is 0 Å². The molecule has 0 radical (unpaired) electrons. The lowest BCUT2D eigenvalue weighted by Crippen LogP contribution is -2.45. The van der Waals surface area contributed by atoms with E-state index in [0.29, 0.717) is 0 Å². The fraction of sp³-hybridized carbons (Fsp3) is 0.700. The highest BCUT2D eigenvalue weighted by Crippen LogP contribution is 2.43. The molecule has 1 aliphatic rings. The molecule has 0 bridgehead atoms. The molecular formula is C10H14O6. The van der Waals surface area contributed by atoms with E-state index < -0.39 is 35.2 Å². The molecule has 6 heteroatoms. The van der Waals surface area contributed by atoms with Crippen LogP contribution in [0.5, 0.6) is 0 Å². The summed E-state index contributed by atoms with van der Waals surface area (Å²) in [6.45, 7) is 1.37. The molecule has 0 amide bonds. The van der Waals surface area contributed by atoms with E-state index in [1.165, 1.54) is 6.92 Å². The van der Waals surface area contributed by atoms with Crippen molar-refractivity contribution in [1.29, 1.82) is 0 Å². The van der Waals surface area contributed by atoms with Gasteiger partial charge >= 0.3 is 17.9 Å². The standard InChI is InChI=1S/C10H14O6/c1-10(9(15)16)3-2-5(7(11)12)4-6(10)8(13)14/h5-6H,2-4H2,1H3,(H,11,12)(H,13,14)(H,15,16). The van der Waals surface area contributed by atoms with Gasteiger partial charge in [-0.25, -0.2) is 0 Å². The molecule has 3 atom stereocenters. The average molecular weight is 230 g/mol. The lowest BCUT2D eigenvalue weighted by molar-refractivity contribution is -0.168. The van der Waals surface area contributed by atoms with Crippen LogP contribution in [0.2, 0.25) is 0 Å². The van der Waals surface area contributed by atoms with Crippen LogP contribution in [-0.2, 0) is 14.4 Å². The highest BCUT2D eigenvalue weighted by molar-refractivity contribution is 5.84. The lowest BCUT2D eigenvalue weighted by Gasteiger charge is -2.37. The van der Waals surface area contributed by atoms with Gasteiger partial charge in [0, 0.05) is 0 Å². The highest BCUT2D eigenvalue weighted by atomic mass is 16.4. The van der Waals surface area contributed by atoms with E-state index in [2.05, 4.69) is 0 Å². The summed E-state index contributed by atoms with van der Waals surface area (Å²) >= 11 is 0. The summed E-state index contributed by atoms with van der Waals surface area (Å²) in [6, 6.07) is 0. The van der Waals surface area contributed by atoms with Crippen molar-refractivity contribution < 1.29 is 29.7 Å². The minimum atomic E-state index is -1.36. The Hall–Kier alpha value is -1.59. The van der Waals surface area contributed by atoms with Crippen LogP contribution in [0.15, 0.2) is 0 Å². The summed E-state index contributed by atoms with van der Waals surface area (Å²) < 4.78 is 0. The van der Waals surface area contributed by atoms with Gasteiger partial charge in [-0.05, 0) is 26.2 Å². The second kappa shape index (κ2) is 4.11. The third-order valence-corrected chi connectivity index (χ3v) is 3.44. The third-order valence-electron chi connectivity index (χ3n) is 3.44. The van der Waals surface area contributed by atoms with Crippen LogP contribution >= 0.6 is 0 Å². The molecule has 0 heterocycles. The Labute approximate surface area is 91.9 Å². The fourth-order valence-electron chi connectivity index (χ4n) is 2.16. The molecule has 1 rings (SSSR count). The second-order valence-electron chi connectivity index (χ2n) is 4.42. The van der Waals surface area contributed by atoms with Gasteiger partial charge in [0.05, 0.1) is 17.3 Å². The van der Waals surface area contributed by atoms with Gasteiger partial charge in [0.15, 0.2) is 0 Å². The lowest BCUT2D eigenvalue weighted by atomic mass is 9.64. The number of carboxylic acid groups (broad SMARTS) is 3. The zero-order valence-corrected chi connectivity index (χ0v) is 8.84. The Morgan fingerprint density at radius 2 is 1.69 bits per heavy atom. The summed E-state index contributed by atoms with van der Waals surface area (Å²) in [7, 11) is 0. The molecule has 6 nitrogen and oxygen atoms in total. The second-order valence-corrected chi connectivity index (χ2v) is 4.42. The van der Waals surface area contributed by atoms with Crippen molar-refractivity contribution in [3.05, 3.63) is 0 Å². The molecule has 90 valence electrons. The molecular weight excluding hydrogens is 216 g/mol. The maximum absolute atomic E-state index is 11.1. The summed E-state index contributed by atoms with van der Waals surface area (Å²) in [5, 5.41) is 26.8. The predicted octanol–water partition coefficient (Wildman–Crippen LogP) is 0.663. The molecule has 3 N–H and O–H groups in total. The van der Waals surface area contributed by atoms with Crippen LogP contribution in [0.25, 0.3) is 0 Å². The molecule has 1 aliphatic carbocycles. The zero-order chi connectivity index (χ0) is 12.5. The molecule has 0 aromatic rings. The number of hydrogen-bond donors (Lipinski definition) is 3. The Morgan fingerprint density at radius 1 is 1.12 bits per heavy atom. The quantitative estimate of drug-likeness (QED) is 0.656.